The van der Waals surface area contributed by atoms with Crippen LogP contribution in [0.1, 0.15) is 11.5 Å². The van der Waals surface area contributed by atoms with Gasteiger partial charge in [-0.2, -0.15) is 13.2 Å². The molecule has 0 saturated carbocycles. The molecule has 2 heterocycles. The summed E-state index contributed by atoms with van der Waals surface area (Å²) in [7, 11) is 0. The third kappa shape index (κ3) is 3.79. The Balaban J connectivity index is 1.50. The van der Waals surface area contributed by atoms with Gasteiger partial charge in [0.25, 0.3) is 0 Å². The Morgan fingerprint density at radius 2 is 1.93 bits per heavy atom. The molecule has 0 aliphatic rings. The Labute approximate surface area is 160 Å². The van der Waals surface area contributed by atoms with Crippen LogP contribution in [-0.2, 0) is 11.9 Å². The van der Waals surface area contributed by atoms with Gasteiger partial charge in [-0.05, 0) is 30.3 Å². The van der Waals surface area contributed by atoms with Crippen LogP contribution in [0.3, 0.4) is 0 Å². The second-order valence-corrected chi connectivity index (χ2v) is 6.91. The summed E-state index contributed by atoms with van der Waals surface area (Å²) in [5.74, 6) is 0.964. The standard InChI is InChI=1S/C17H10ClF3N4OS/c18-11-4-2-1-3-10(11)15-25-24-14(26-15)8-27-16-22-12-6-5-9(17(19,20)21)7-13(12)23-16/h1-7H,8H2,(H,22,23). The second-order valence-electron chi connectivity index (χ2n) is 5.54. The molecule has 1 N–H and O–H groups in total. The van der Waals surface area contributed by atoms with Crippen molar-refractivity contribution in [1.82, 2.24) is 20.2 Å². The minimum atomic E-state index is -4.40. The number of thioether (sulfide) groups is 1. The molecule has 5 nitrogen and oxygen atoms in total. The van der Waals surface area contributed by atoms with Gasteiger partial charge in [0.2, 0.25) is 11.8 Å². The van der Waals surface area contributed by atoms with E-state index in [0.29, 0.717) is 44.3 Å². The highest BCUT2D eigenvalue weighted by atomic mass is 35.5. The van der Waals surface area contributed by atoms with Crippen molar-refractivity contribution in [3.05, 3.63) is 58.9 Å². The molecule has 0 aliphatic heterocycles. The van der Waals surface area contributed by atoms with E-state index in [2.05, 4.69) is 20.2 Å². The van der Waals surface area contributed by atoms with Crippen molar-refractivity contribution in [2.45, 2.75) is 17.1 Å². The van der Waals surface area contributed by atoms with Gasteiger partial charge in [0.15, 0.2) is 5.16 Å². The minimum absolute atomic E-state index is 0.302. The zero-order chi connectivity index (χ0) is 19.0. The normalized spacial score (nSPS) is 12.0. The van der Waals surface area contributed by atoms with Gasteiger partial charge in [-0.3, -0.25) is 0 Å². The number of imidazole rings is 1. The number of hydrogen-bond donors (Lipinski definition) is 1. The Morgan fingerprint density at radius 3 is 2.70 bits per heavy atom. The molecule has 0 radical (unpaired) electrons. The fraction of sp³-hybridized carbons (Fsp3) is 0.118. The summed E-state index contributed by atoms with van der Waals surface area (Å²) in [6.07, 6.45) is -4.40. The first-order chi connectivity index (χ1) is 12.9. The summed E-state index contributed by atoms with van der Waals surface area (Å²) in [4.78, 5) is 7.13. The van der Waals surface area contributed by atoms with Crippen LogP contribution in [-0.4, -0.2) is 20.2 Å². The van der Waals surface area contributed by atoms with Gasteiger partial charge in [0, 0.05) is 0 Å². The molecule has 0 amide bonds. The number of nitrogens with one attached hydrogen (secondary N) is 1. The first kappa shape index (κ1) is 17.9. The predicted octanol–water partition coefficient (Wildman–Crippen LogP) is 5.58. The fourth-order valence-electron chi connectivity index (χ4n) is 2.42. The van der Waals surface area contributed by atoms with Crippen molar-refractivity contribution >= 4 is 34.4 Å². The summed E-state index contributed by atoms with van der Waals surface area (Å²) in [6, 6.07) is 10.5. The van der Waals surface area contributed by atoms with E-state index in [9.17, 15) is 13.2 Å². The second kappa shape index (κ2) is 6.90. The van der Waals surface area contributed by atoms with Crippen LogP contribution < -0.4 is 0 Å². The monoisotopic (exact) mass is 410 g/mol. The highest BCUT2D eigenvalue weighted by molar-refractivity contribution is 7.98. The van der Waals surface area contributed by atoms with Gasteiger partial charge < -0.3 is 9.40 Å². The van der Waals surface area contributed by atoms with Crippen molar-refractivity contribution in [3.8, 4) is 11.5 Å². The van der Waals surface area contributed by atoms with Crippen LogP contribution in [0.15, 0.2) is 52.0 Å². The topological polar surface area (TPSA) is 67.6 Å². The number of rotatable bonds is 4. The molecule has 4 aromatic rings. The Hall–Kier alpha value is -2.52. The molecule has 27 heavy (non-hydrogen) atoms. The zero-order valence-corrected chi connectivity index (χ0v) is 15.0. The Kier molecular flexibility index (Phi) is 4.56. The molecule has 2 aromatic heterocycles. The van der Waals surface area contributed by atoms with Crippen molar-refractivity contribution in [2.75, 3.05) is 0 Å². The van der Waals surface area contributed by atoms with E-state index in [1.807, 2.05) is 6.07 Å². The summed E-state index contributed by atoms with van der Waals surface area (Å²) >= 11 is 7.35. The number of fused-ring (bicyclic) bond motifs is 1. The number of H-pyrrole nitrogens is 1. The largest absolute Gasteiger partial charge is 0.420 e. The fourth-order valence-corrected chi connectivity index (χ4v) is 3.35. The highest BCUT2D eigenvalue weighted by Crippen LogP contribution is 2.32. The summed E-state index contributed by atoms with van der Waals surface area (Å²) in [5.41, 5.74) is 0.671. The minimum Gasteiger partial charge on any atom is -0.420 e. The van der Waals surface area contributed by atoms with E-state index in [0.717, 1.165) is 12.1 Å². The van der Waals surface area contributed by atoms with Gasteiger partial charge >= 0.3 is 6.18 Å². The maximum atomic E-state index is 12.8. The molecule has 0 spiro atoms. The SMILES string of the molecule is FC(F)(F)c1ccc2nc(SCc3nnc(-c4ccccc4Cl)o3)[nH]c2c1. The van der Waals surface area contributed by atoms with Crippen LogP contribution in [0, 0.1) is 0 Å². The quantitative estimate of drug-likeness (QED) is 0.445. The molecule has 10 heteroatoms. The van der Waals surface area contributed by atoms with E-state index in [1.54, 1.807) is 18.2 Å². The average Bonchev–Trinajstić information content (AvgIpc) is 3.25. The van der Waals surface area contributed by atoms with Gasteiger partial charge in [-0.1, -0.05) is 35.5 Å². The summed E-state index contributed by atoms with van der Waals surface area (Å²) in [6.45, 7) is 0. The first-order valence-corrected chi connectivity index (χ1v) is 9.03. The third-order valence-electron chi connectivity index (χ3n) is 3.69. The number of aromatic nitrogens is 4. The van der Waals surface area contributed by atoms with Crippen LogP contribution in [0.2, 0.25) is 5.02 Å². The van der Waals surface area contributed by atoms with Crippen molar-refractivity contribution in [3.63, 3.8) is 0 Å². The summed E-state index contributed by atoms with van der Waals surface area (Å²) < 4.78 is 44.0. The first-order valence-electron chi connectivity index (χ1n) is 7.67. The average molecular weight is 411 g/mol. The summed E-state index contributed by atoms with van der Waals surface area (Å²) in [5, 5.41) is 8.89. The van der Waals surface area contributed by atoms with Crippen LogP contribution in [0.4, 0.5) is 13.2 Å². The van der Waals surface area contributed by atoms with Crippen molar-refractivity contribution in [2.24, 2.45) is 0 Å². The van der Waals surface area contributed by atoms with Crippen LogP contribution in [0.5, 0.6) is 0 Å². The number of alkyl halides is 3. The lowest BCUT2D eigenvalue weighted by Gasteiger charge is -2.05. The maximum absolute atomic E-state index is 12.8. The molecule has 0 unspecified atom stereocenters. The lowest BCUT2D eigenvalue weighted by molar-refractivity contribution is -0.137. The molecule has 0 atom stereocenters. The van der Waals surface area contributed by atoms with E-state index < -0.39 is 11.7 Å². The molecule has 138 valence electrons. The lowest BCUT2D eigenvalue weighted by Crippen LogP contribution is -2.04. The molecular formula is C17H10ClF3N4OS. The van der Waals surface area contributed by atoms with E-state index in [4.69, 9.17) is 16.0 Å². The van der Waals surface area contributed by atoms with Gasteiger partial charge in [-0.15, -0.1) is 10.2 Å². The molecule has 0 fully saturated rings. The number of aromatic amines is 1. The zero-order valence-electron chi connectivity index (χ0n) is 13.4. The van der Waals surface area contributed by atoms with E-state index >= 15 is 0 Å². The van der Waals surface area contributed by atoms with Crippen LogP contribution >= 0.6 is 23.4 Å². The number of nitrogens with zero attached hydrogens (tertiary/aromatic N) is 3. The number of benzene rings is 2. The molecule has 0 aliphatic carbocycles. The number of hydrogen-bond acceptors (Lipinski definition) is 5. The highest BCUT2D eigenvalue weighted by Gasteiger charge is 2.30. The van der Waals surface area contributed by atoms with Gasteiger partial charge in [0.05, 0.1) is 32.9 Å². The Bertz CT molecular complexity index is 1110. The molecule has 4 rings (SSSR count). The van der Waals surface area contributed by atoms with E-state index in [-0.39, 0.29) is 0 Å². The third-order valence-corrected chi connectivity index (χ3v) is 4.88. The molecular weight excluding hydrogens is 401 g/mol. The van der Waals surface area contributed by atoms with Crippen molar-refractivity contribution < 1.29 is 17.6 Å². The predicted molar refractivity (Wildman–Crippen MR) is 95.4 cm³/mol. The lowest BCUT2D eigenvalue weighted by atomic mass is 10.2. The van der Waals surface area contributed by atoms with Crippen molar-refractivity contribution in [1.29, 1.82) is 0 Å². The molecule has 0 bridgehead atoms. The van der Waals surface area contributed by atoms with Crippen LogP contribution in [0.25, 0.3) is 22.5 Å². The molecule has 2 aromatic carbocycles. The Morgan fingerprint density at radius 1 is 1.11 bits per heavy atom. The molecule has 0 saturated heterocycles. The smallest absolute Gasteiger partial charge is 0.416 e. The van der Waals surface area contributed by atoms with Gasteiger partial charge in [-0.25, -0.2) is 4.98 Å². The maximum Gasteiger partial charge on any atom is 0.416 e. The van der Waals surface area contributed by atoms with E-state index in [1.165, 1.54) is 17.8 Å². The number of halogens is 4. The van der Waals surface area contributed by atoms with Gasteiger partial charge in [0.1, 0.15) is 0 Å².